The number of halogens is 2. The maximum Gasteiger partial charge on any atom is 0.410 e. The zero-order valence-corrected chi connectivity index (χ0v) is 17.7. The van der Waals surface area contributed by atoms with Crippen molar-refractivity contribution in [2.75, 3.05) is 20.3 Å². The normalized spacial score (nSPS) is 13.1. The van der Waals surface area contributed by atoms with E-state index in [9.17, 15) is 23.5 Å². The third-order valence-corrected chi connectivity index (χ3v) is 5.68. The molecule has 0 heterocycles. The molecule has 0 fully saturated rings. The van der Waals surface area contributed by atoms with Crippen molar-refractivity contribution in [3.8, 4) is 16.9 Å². The highest BCUT2D eigenvalue weighted by atomic mass is 19.2. The Morgan fingerprint density at radius 2 is 1.58 bits per heavy atom. The van der Waals surface area contributed by atoms with Crippen LogP contribution in [0.1, 0.15) is 17.0 Å². The lowest BCUT2D eigenvalue weighted by atomic mass is 9.98. The van der Waals surface area contributed by atoms with Gasteiger partial charge in [-0.1, -0.05) is 48.5 Å². The van der Waals surface area contributed by atoms with Crippen LogP contribution in [-0.4, -0.2) is 48.4 Å². The fraction of sp³-hybridized carbons (Fsp3) is 0.200. The Balaban J connectivity index is 1.43. The van der Waals surface area contributed by atoms with Crippen LogP contribution < -0.4 is 4.74 Å². The molecule has 3 aromatic rings. The molecule has 33 heavy (non-hydrogen) atoms. The lowest BCUT2D eigenvalue weighted by molar-refractivity contribution is -0.143. The molecule has 1 N–H and O–H groups in total. The second kappa shape index (κ2) is 9.28. The molecule has 0 radical (unpaired) electrons. The minimum Gasteiger partial charge on any atom is -0.491 e. The molecule has 170 valence electrons. The summed E-state index contributed by atoms with van der Waals surface area (Å²) in [6, 6.07) is 17.2. The van der Waals surface area contributed by atoms with Crippen molar-refractivity contribution in [3.05, 3.63) is 89.5 Å². The number of amides is 1. The van der Waals surface area contributed by atoms with Gasteiger partial charge in [-0.2, -0.15) is 0 Å². The zero-order valence-electron chi connectivity index (χ0n) is 17.7. The molecule has 8 heteroatoms. The maximum absolute atomic E-state index is 13.4. The van der Waals surface area contributed by atoms with E-state index in [0.29, 0.717) is 0 Å². The number of fused-ring (bicyclic) bond motifs is 3. The second-order valence-electron chi connectivity index (χ2n) is 7.66. The van der Waals surface area contributed by atoms with Crippen LogP contribution in [0.4, 0.5) is 13.6 Å². The molecule has 0 spiro atoms. The fourth-order valence-corrected chi connectivity index (χ4v) is 3.91. The standard InChI is InChI=1S/C25H21F2NO5/c1-28(23(24(29)30)14-32-15-10-11-21(26)22(27)12-15)25(31)33-13-20-18-8-4-2-6-16(18)17-7-3-5-9-19(17)20/h2-12,20,23H,13-14H2,1H3,(H,29,30)/t23-/m0/s1. The Hall–Kier alpha value is -3.94. The zero-order chi connectivity index (χ0) is 23.5. The van der Waals surface area contributed by atoms with Gasteiger partial charge in [0.25, 0.3) is 0 Å². The lowest BCUT2D eigenvalue weighted by Gasteiger charge is -2.25. The molecule has 0 aromatic heterocycles. The van der Waals surface area contributed by atoms with Crippen LogP contribution in [0.3, 0.4) is 0 Å². The van der Waals surface area contributed by atoms with Gasteiger partial charge in [0.1, 0.15) is 19.0 Å². The molecule has 6 nitrogen and oxygen atoms in total. The van der Waals surface area contributed by atoms with Crippen molar-refractivity contribution in [2.45, 2.75) is 12.0 Å². The number of aliphatic carboxylic acids is 1. The number of carbonyl (C=O) groups excluding carboxylic acids is 1. The number of benzene rings is 3. The quantitative estimate of drug-likeness (QED) is 0.562. The molecule has 1 amide bonds. The Labute approximate surface area is 189 Å². The van der Waals surface area contributed by atoms with Crippen LogP contribution in [-0.2, 0) is 9.53 Å². The van der Waals surface area contributed by atoms with Crippen LogP contribution in [0.5, 0.6) is 5.75 Å². The Bertz CT molecular complexity index is 1150. The highest BCUT2D eigenvalue weighted by Crippen LogP contribution is 2.44. The van der Waals surface area contributed by atoms with Crippen molar-refractivity contribution < 1.29 is 33.0 Å². The first-order valence-electron chi connectivity index (χ1n) is 10.2. The summed E-state index contributed by atoms with van der Waals surface area (Å²) in [5.41, 5.74) is 4.22. The van der Waals surface area contributed by atoms with E-state index < -0.39 is 36.3 Å². The van der Waals surface area contributed by atoms with E-state index in [-0.39, 0.29) is 18.3 Å². The third-order valence-electron chi connectivity index (χ3n) is 5.68. The lowest BCUT2D eigenvalue weighted by Crippen LogP contribution is -2.46. The van der Waals surface area contributed by atoms with Gasteiger partial charge in [-0.3, -0.25) is 4.90 Å². The number of nitrogens with zero attached hydrogens (tertiary/aromatic N) is 1. The summed E-state index contributed by atoms with van der Waals surface area (Å²) < 4.78 is 37.2. The first-order chi connectivity index (χ1) is 15.9. The molecule has 0 aliphatic heterocycles. The smallest absolute Gasteiger partial charge is 0.410 e. The summed E-state index contributed by atoms with van der Waals surface area (Å²) in [6.07, 6.45) is -0.835. The molecule has 0 bridgehead atoms. The average Bonchev–Trinajstić information content (AvgIpc) is 3.13. The first kappa shape index (κ1) is 22.3. The van der Waals surface area contributed by atoms with Crippen molar-refractivity contribution >= 4 is 12.1 Å². The van der Waals surface area contributed by atoms with Crippen LogP contribution in [0.15, 0.2) is 66.7 Å². The van der Waals surface area contributed by atoms with E-state index >= 15 is 0 Å². The van der Waals surface area contributed by atoms with E-state index in [1.165, 1.54) is 13.1 Å². The highest BCUT2D eigenvalue weighted by Gasteiger charge is 2.32. The number of ether oxygens (including phenoxy) is 2. The largest absolute Gasteiger partial charge is 0.491 e. The molecule has 0 saturated heterocycles. The first-order valence-corrected chi connectivity index (χ1v) is 10.2. The minimum absolute atomic E-state index is 0.0353. The topological polar surface area (TPSA) is 76.1 Å². The summed E-state index contributed by atoms with van der Waals surface area (Å²) in [5.74, 6) is -3.72. The van der Waals surface area contributed by atoms with Crippen molar-refractivity contribution in [2.24, 2.45) is 0 Å². The van der Waals surface area contributed by atoms with Gasteiger partial charge in [-0.25, -0.2) is 18.4 Å². The molecular formula is C25H21F2NO5. The Morgan fingerprint density at radius 3 is 2.15 bits per heavy atom. The van der Waals surface area contributed by atoms with Gasteiger partial charge in [0.2, 0.25) is 0 Å². The van der Waals surface area contributed by atoms with Gasteiger partial charge in [-0.05, 0) is 34.4 Å². The number of hydrogen-bond donors (Lipinski definition) is 1. The fourth-order valence-electron chi connectivity index (χ4n) is 3.91. The van der Waals surface area contributed by atoms with E-state index in [0.717, 1.165) is 39.3 Å². The van der Waals surface area contributed by atoms with Gasteiger partial charge in [0, 0.05) is 19.0 Å². The van der Waals surface area contributed by atoms with Gasteiger partial charge in [0.15, 0.2) is 17.7 Å². The summed E-state index contributed by atoms with van der Waals surface area (Å²) in [7, 11) is 1.28. The SMILES string of the molecule is CN(C(=O)OCC1c2ccccc2-c2ccccc21)[C@@H](COc1ccc(F)c(F)c1)C(=O)O. The van der Waals surface area contributed by atoms with Gasteiger partial charge in [0.05, 0.1) is 0 Å². The molecule has 3 aromatic carbocycles. The van der Waals surface area contributed by atoms with E-state index in [1.54, 1.807) is 0 Å². The highest BCUT2D eigenvalue weighted by molar-refractivity contribution is 5.81. The van der Waals surface area contributed by atoms with Crippen molar-refractivity contribution in [3.63, 3.8) is 0 Å². The number of hydrogen-bond acceptors (Lipinski definition) is 4. The summed E-state index contributed by atoms with van der Waals surface area (Å²) in [5, 5.41) is 9.55. The molecule has 0 saturated carbocycles. The molecule has 1 aliphatic rings. The van der Waals surface area contributed by atoms with E-state index in [1.807, 2.05) is 48.5 Å². The Kier molecular flexibility index (Phi) is 6.26. The third kappa shape index (κ3) is 4.50. The number of carboxylic acids is 1. The molecule has 1 atom stereocenters. The molecular weight excluding hydrogens is 432 g/mol. The van der Waals surface area contributed by atoms with Gasteiger partial charge in [-0.15, -0.1) is 0 Å². The van der Waals surface area contributed by atoms with Crippen LogP contribution in [0, 0.1) is 11.6 Å². The second-order valence-corrected chi connectivity index (χ2v) is 7.66. The summed E-state index contributed by atoms with van der Waals surface area (Å²) in [6.45, 7) is -0.436. The maximum atomic E-state index is 13.4. The van der Waals surface area contributed by atoms with E-state index in [2.05, 4.69) is 0 Å². The summed E-state index contributed by atoms with van der Waals surface area (Å²) >= 11 is 0. The predicted molar refractivity (Wildman–Crippen MR) is 116 cm³/mol. The van der Waals surface area contributed by atoms with Gasteiger partial charge < -0.3 is 14.6 Å². The molecule has 4 rings (SSSR count). The molecule has 1 aliphatic carbocycles. The number of likely N-dealkylation sites (N-methyl/N-ethyl adjacent to an activating group) is 1. The predicted octanol–water partition coefficient (Wildman–Crippen LogP) is 4.68. The number of rotatable bonds is 7. The van der Waals surface area contributed by atoms with Gasteiger partial charge >= 0.3 is 12.1 Å². The van der Waals surface area contributed by atoms with Crippen LogP contribution >= 0.6 is 0 Å². The number of carbonyl (C=O) groups is 2. The summed E-state index contributed by atoms with van der Waals surface area (Å²) in [4.78, 5) is 25.3. The van der Waals surface area contributed by atoms with Crippen LogP contribution in [0.25, 0.3) is 11.1 Å². The van der Waals surface area contributed by atoms with Crippen molar-refractivity contribution in [1.82, 2.24) is 4.90 Å². The number of carboxylic acid groups (broad SMARTS) is 1. The van der Waals surface area contributed by atoms with Crippen LogP contribution in [0.2, 0.25) is 0 Å². The minimum atomic E-state index is -1.39. The monoisotopic (exact) mass is 453 g/mol. The van der Waals surface area contributed by atoms with Crippen molar-refractivity contribution in [1.29, 1.82) is 0 Å². The molecule has 0 unspecified atom stereocenters. The average molecular weight is 453 g/mol. The Morgan fingerprint density at radius 1 is 0.970 bits per heavy atom. The van der Waals surface area contributed by atoms with E-state index in [4.69, 9.17) is 9.47 Å².